The van der Waals surface area contributed by atoms with Gasteiger partial charge in [-0.15, -0.1) is 0 Å². The summed E-state index contributed by atoms with van der Waals surface area (Å²) in [7, 11) is 0. The molecule has 2 rings (SSSR count). The van der Waals surface area contributed by atoms with Gasteiger partial charge in [-0.05, 0) is 31.5 Å². The number of carbonyl (C=O) groups excluding carboxylic acids is 1. The first-order valence-corrected chi connectivity index (χ1v) is 5.77. The van der Waals surface area contributed by atoms with Crippen molar-refractivity contribution in [3.63, 3.8) is 0 Å². The van der Waals surface area contributed by atoms with Crippen LogP contribution in [-0.4, -0.2) is 15.9 Å². The third-order valence-corrected chi connectivity index (χ3v) is 2.73. The highest BCUT2D eigenvalue weighted by Gasteiger charge is 2.13. The zero-order chi connectivity index (χ0) is 13.8. The van der Waals surface area contributed by atoms with Crippen molar-refractivity contribution in [2.24, 2.45) is 5.84 Å². The van der Waals surface area contributed by atoms with Gasteiger partial charge in [0, 0.05) is 18.1 Å². The molecule has 2 heterocycles. The second-order valence-corrected chi connectivity index (χ2v) is 4.16. The Morgan fingerprint density at radius 1 is 1.26 bits per heavy atom. The summed E-state index contributed by atoms with van der Waals surface area (Å²) in [5.74, 6) is 5.13. The largest absolute Gasteiger partial charge is 0.323 e. The van der Waals surface area contributed by atoms with Gasteiger partial charge in [0.1, 0.15) is 0 Å². The summed E-state index contributed by atoms with van der Waals surface area (Å²) in [6, 6.07) is 3.54. The normalized spacial score (nSPS) is 10.1. The highest BCUT2D eigenvalue weighted by molar-refractivity contribution is 6.08. The van der Waals surface area contributed by atoms with Crippen LogP contribution in [0.4, 0.5) is 11.4 Å². The van der Waals surface area contributed by atoms with Crippen LogP contribution in [0.5, 0.6) is 0 Å². The minimum atomic E-state index is -0.281. The molecule has 0 unspecified atom stereocenters. The molecule has 1 amide bonds. The Balaban J connectivity index is 2.28. The van der Waals surface area contributed by atoms with Crippen molar-refractivity contribution in [3.05, 3.63) is 47.5 Å². The number of nitrogens with zero attached hydrogens (tertiary/aromatic N) is 2. The minimum absolute atomic E-state index is 0.281. The number of pyridine rings is 2. The van der Waals surface area contributed by atoms with Gasteiger partial charge < -0.3 is 10.7 Å². The van der Waals surface area contributed by atoms with E-state index in [1.54, 1.807) is 18.5 Å². The highest BCUT2D eigenvalue weighted by Crippen LogP contribution is 2.18. The molecule has 0 aliphatic rings. The molecule has 0 fully saturated rings. The summed E-state index contributed by atoms with van der Waals surface area (Å²) in [5, 5.41) is 2.78. The fourth-order valence-electron chi connectivity index (χ4n) is 1.64. The summed E-state index contributed by atoms with van der Waals surface area (Å²) < 4.78 is 0. The van der Waals surface area contributed by atoms with Crippen LogP contribution in [0.3, 0.4) is 0 Å². The zero-order valence-electron chi connectivity index (χ0n) is 10.8. The third-order valence-electron chi connectivity index (χ3n) is 2.73. The number of nitrogen functional groups attached to an aromatic ring is 1. The monoisotopic (exact) mass is 257 g/mol. The van der Waals surface area contributed by atoms with Crippen LogP contribution in [0, 0.1) is 13.8 Å². The maximum atomic E-state index is 12.2. The summed E-state index contributed by atoms with van der Waals surface area (Å²) in [6.07, 6.45) is 4.77. The summed E-state index contributed by atoms with van der Waals surface area (Å²) >= 11 is 0. The lowest BCUT2D eigenvalue weighted by molar-refractivity contribution is 0.102. The van der Waals surface area contributed by atoms with Gasteiger partial charge >= 0.3 is 0 Å². The van der Waals surface area contributed by atoms with Crippen LogP contribution in [0.1, 0.15) is 21.6 Å². The number of nitrogens with one attached hydrogen (secondary N) is 2. The van der Waals surface area contributed by atoms with Gasteiger partial charge in [0.25, 0.3) is 5.91 Å². The Hall–Kier alpha value is -2.47. The molecule has 2 aromatic rings. The van der Waals surface area contributed by atoms with E-state index >= 15 is 0 Å². The molecule has 0 aromatic carbocycles. The van der Waals surface area contributed by atoms with Crippen LogP contribution in [0.2, 0.25) is 0 Å². The molecular formula is C13H15N5O. The van der Waals surface area contributed by atoms with Gasteiger partial charge in [-0.1, -0.05) is 0 Å². The Kier molecular flexibility index (Phi) is 3.72. The Bertz CT molecular complexity index is 612. The van der Waals surface area contributed by atoms with Crippen LogP contribution in [0.25, 0.3) is 0 Å². The van der Waals surface area contributed by atoms with Crippen LogP contribution < -0.4 is 16.6 Å². The van der Waals surface area contributed by atoms with Crippen LogP contribution >= 0.6 is 0 Å². The van der Waals surface area contributed by atoms with E-state index in [1.807, 2.05) is 19.9 Å². The number of rotatable bonds is 3. The van der Waals surface area contributed by atoms with E-state index in [4.69, 9.17) is 5.84 Å². The topological polar surface area (TPSA) is 92.9 Å². The first kappa shape index (κ1) is 13.0. The van der Waals surface area contributed by atoms with E-state index < -0.39 is 0 Å². The van der Waals surface area contributed by atoms with Crippen LogP contribution in [0.15, 0.2) is 30.7 Å². The lowest BCUT2D eigenvalue weighted by Crippen LogP contribution is -2.18. The average Bonchev–Trinajstić information content (AvgIpc) is 2.41. The van der Waals surface area contributed by atoms with E-state index in [0.717, 1.165) is 11.3 Å². The van der Waals surface area contributed by atoms with Gasteiger partial charge in [-0.3, -0.25) is 20.6 Å². The van der Waals surface area contributed by atoms with E-state index in [9.17, 15) is 4.79 Å². The van der Waals surface area contributed by atoms with Crippen LogP contribution in [-0.2, 0) is 0 Å². The number of aryl methyl sites for hydroxylation is 2. The number of anilines is 2. The molecule has 0 atom stereocenters. The van der Waals surface area contributed by atoms with Crippen molar-refractivity contribution in [3.8, 4) is 0 Å². The lowest BCUT2D eigenvalue weighted by Gasteiger charge is -2.11. The molecule has 2 aromatic heterocycles. The van der Waals surface area contributed by atoms with E-state index in [0.29, 0.717) is 16.9 Å². The Morgan fingerprint density at radius 3 is 2.74 bits per heavy atom. The molecular weight excluding hydrogens is 242 g/mol. The number of hydrogen-bond acceptors (Lipinski definition) is 5. The smallest absolute Gasteiger partial charge is 0.259 e. The summed E-state index contributed by atoms with van der Waals surface area (Å²) in [5.41, 5.74) is 5.80. The van der Waals surface area contributed by atoms with Crippen molar-refractivity contribution < 1.29 is 4.79 Å². The molecule has 6 nitrogen and oxygen atoms in total. The van der Waals surface area contributed by atoms with Crippen molar-refractivity contribution in [2.75, 3.05) is 10.7 Å². The van der Waals surface area contributed by atoms with Crippen molar-refractivity contribution in [2.45, 2.75) is 13.8 Å². The second-order valence-electron chi connectivity index (χ2n) is 4.16. The first-order chi connectivity index (χ1) is 9.11. The fraction of sp³-hybridized carbons (Fsp3) is 0.154. The molecule has 0 spiro atoms. The maximum absolute atomic E-state index is 12.2. The first-order valence-electron chi connectivity index (χ1n) is 5.77. The van der Waals surface area contributed by atoms with Gasteiger partial charge in [-0.2, -0.15) is 0 Å². The third kappa shape index (κ3) is 2.86. The van der Waals surface area contributed by atoms with Gasteiger partial charge in [0.15, 0.2) is 0 Å². The molecule has 0 aliphatic heterocycles. The number of nitrogens with two attached hydrogens (primary N) is 1. The molecule has 0 saturated heterocycles. The predicted octanol–water partition coefficient (Wildman–Crippen LogP) is 1.63. The Morgan fingerprint density at radius 2 is 2.05 bits per heavy atom. The molecule has 98 valence electrons. The number of hydrogen-bond donors (Lipinski definition) is 3. The molecule has 0 bridgehead atoms. The quantitative estimate of drug-likeness (QED) is 0.574. The van der Waals surface area contributed by atoms with Crippen molar-refractivity contribution >= 4 is 17.3 Å². The number of aromatic nitrogens is 2. The SMILES string of the molecule is Cc1cc(NN)c(C(=O)Nc2cnccc2C)cn1. The summed E-state index contributed by atoms with van der Waals surface area (Å²) in [4.78, 5) is 20.3. The molecule has 4 N–H and O–H groups in total. The number of amides is 1. The predicted molar refractivity (Wildman–Crippen MR) is 73.7 cm³/mol. The molecule has 0 radical (unpaired) electrons. The van der Waals surface area contributed by atoms with Gasteiger partial charge in [0.2, 0.25) is 0 Å². The lowest BCUT2D eigenvalue weighted by atomic mass is 10.2. The van der Waals surface area contributed by atoms with Crippen molar-refractivity contribution in [1.82, 2.24) is 9.97 Å². The molecule has 0 aliphatic carbocycles. The second kappa shape index (κ2) is 5.45. The molecule has 0 saturated carbocycles. The highest BCUT2D eigenvalue weighted by atomic mass is 16.1. The van der Waals surface area contributed by atoms with Crippen molar-refractivity contribution in [1.29, 1.82) is 0 Å². The molecule has 6 heteroatoms. The minimum Gasteiger partial charge on any atom is -0.323 e. The van der Waals surface area contributed by atoms with Gasteiger partial charge in [0.05, 0.1) is 23.1 Å². The average molecular weight is 257 g/mol. The number of carbonyl (C=O) groups is 1. The standard InChI is InChI=1S/C13H15N5O/c1-8-3-4-15-7-12(8)17-13(19)10-6-16-9(2)5-11(10)18-14/h3-7H,14H2,1-2H3,(H,16,18)(H,17,19). The van der Waals surface area contributed by atoms with E-state index in [1.165, 1.54) is 6.20 Å². The Labute approximate surface area is 111 Å². The maximum Gasteiger partial charge on any atom is 0.259 e. The number of hydrazine groups is 1. The van der Waals surface area contributed by atoms with E-state index in [-0.39, 0.29) is 5.91 Å². The summed E-state index contributed by atoms with van der Waals surface area (Å²) in [6.45, 7) is 3.72. The van der Waals surface area contributed by atoms with E-state index in [2.05, 4.69) is 20.7 Å². The fourth-order valence-corrected chi connectivity index (χ4v) is 1.64. The zero-order valence-corrected chi connectivity index (χ0v) is 10.8. The molecule has 19 heavy (non-hydrogen) atoms. The van der Waals surface area contributed by atoms with Gasteiger partial charge in [-0.25, -0.2) is 0 Å².